The normalized spacial score (nSPS) is 22.6. The van der Waals surface area contributed by atoms with Crippen LogP contribution in [0.25, 0.3) is 0 Å². The van der Waals surface area contributed by atoms with Gasteiger partial charge in [-0.15, -0.1) is 0 Å². The predicted molar refractivity (Wildman–Crippen MR) is 76.6 cm³/mol. The predicted octanol–water partition coefficient (Wildman–Crippen LogP) is 1.63. The van der Waals surface area contributed by atoms with Gasteiger partial charge in [-0.05, 0) is 33.0 Å². The Kier molecular flexibility index (Phi) is 4.38. The quantitative estimate of drug-likeness (QED) is 0.878. The zero-order valence-corrected chi connectivity index (χ0v) is 11.8. The fraction of sp³-hybridized carbons (Fsp3) is 0.600. The summed E-state index contributed by atoms with van der Waals surface area (Å²) >= 11 is 0. The summed E-state index contributed by atoms with van der Waals surface area (Å²) in [6, 6.07) is 9.83. The molecule has 18 heavy (non-hydrogen) atoms. The highest BCUT2D eigenvalue weighted by atomic mass is 15.2. The van der Waals surface area contributed by atoms with E-state index in [1.54, 1.807) is 0 Å². The lowest BCUT2D eigenvalue weighted by molar-refractivity contribution is 0.220. The Morgan fingerprint density at radius 3 is 2.50 bits per heavy atom. The van der Waals surface area contributed by atoms with Gasteiger partial charge in [0, 0.05) is 31.7 Å². The fourth-order valence-electron chi connectivity index (χ4n) is 2.76. The highest BCUT2D eigenvalue weighted by molar-refractivity contribution is 5.24. The molecule has 1 heterocycles. The van der Waals surface area contributed by atoms with Crippen molar-refractivity contribution in [1.82, 2.24) is 9.80 Å². The minimum absolute atomic E-state index is 0.371. The van der Waals surface area contributed by atoms with Crippen molar-refractivity contribution in [2.45, 2.75) is 25.4 Å². The summed E-state index contributed by atoms with van der Waals surface area (Å²) in [5.74, 6) is 0. The monoisotopic (exact) mass is 247 g/mol. The van der Waals surface area contributed by atoms with Crippen LogP contribution >= 0.6 is 0 Å². The van der Waals surface area contributed by atoms with E-state index < -0.39 is 0 Å². The van der Waals surface area contributed by atoms with Crippen molar-refractivity contribution in [1.29, 1.82) is 0 Å². The lowest BCUT2D eigenvalue weighted by Gasteiger charge is -2.28. The molecule has 1 aromatic carbocycles. The average Bonchev–Trinajstić information content (AvgIpc) is 2.82. The molecular formula is C15H25N3. The standard InChI is InChI=1S/C15H25N3/c1-12-4-6-13(7-5-12)15(10-16)18-9-8-14(11-18)17(2)3/h4-7,14-15H,8-11,16H2,1-3H3. The maximum absolute atomic E-state index is 5.99. The van der Waals surface area contributed by atoms with Crippen LogP contribution in [0.2, 0.25) is 0 Å². The second kappa shape index (κ2) is 5.83. The molecule has 2 rings (SSSR count). The van der Waals surface area contributed by atoms with Gasteiger partial charge in [-0.25, -0.2) is 0 Å². The minimum atomic E-state index is 0.371. The number of aryl methyl sites for hydroxylation is 1. The molecule has 2 N–H and O–H groups in total. The Morgan fingerprint density at radius 2 is 2.00 bits per heavy atom. The van der Waals surface area contributed by atoms with E-state index in [9.17, 15) is 0 Å². The zero-order valence-electron chi connectivity index (χ0n) is 11.8. The third-order valence-corrected chi connectivity index (χ3v) is 4.05. The number of hydrogen-bond acceptors (Lipinski definition) is 3. The van der Waals surface area contributed by atoms with Gasteiger partial charge in [0.15, 0.2) is 0 Å². The molecule has 1 aromatic rings. The summed E-state index contributed by atoms with van der Waals surface area (Å²) in [6.07, 6.45) is 1.25. The molecule has 1 aliphatic heterocycles. The van der Waals surface area contributed by atoms with Crippen LogP contribution in [0.4, 0.5) is 0 Å². The van der Waals surface area contributed by atoms with E-state index in [2.05, 4.69) is 55.1 Å². The van der Waals surface area contributed by atoms with Crippen LogP contribution in [0.1, 0.15) is 23.6 Å². The Labute approximate surface area is 111 Å². The molecule has 0 spiro atoms. The Morgan fingerprint density at radius 1 is 1.33 bits per heavy atom. The van der Waals surface area contributed by atoms with Crippen molar-refractivity contribution < 1.29 is 0 Å². The first-order chi connectivity index (χ1) is 8.61. The first-order valence-corrected chi connectivity index (χ1v) is 6.79. The van der Waals surface area contributed by atoms with Crippen LogP contribution in [0.15, 0.2) is 24.3 Å². The van der Waals surface area contributed by atoms with Gasteiger partial charge in [0.25, 0.3) is 0 Å². The van der Waals surface area contributed by atoms with Crippen molar-refractivity contribution in [2.75, 3.05) is 33.7 Å². The number of nitrogens with zero attached hydrogens (tertiary/aromatic N) is 2. The number of likely N-dealkylation sites (tertiary alicyclic amines) is 1. The lowest BCUT2D eigenvalue weighted by Crippen LogP contribution is -2.36. The van der Waals surface area contributed by atoms with Crippen LogP contribution in [0.3, 0.4) is 0 Å². The molecule has 0 saturated carbocycles. The average molecular weight is 247 g/mol. The molecule has 0 bridgehead atoms. The molecule has 0 aliphatic carbocycles. The summed E-state index contributed by atoms with van der Waals surface area (Å²) in [6.45, 7) is 5.10. The van der Waals surface area contributed by atoms with Gasteiger partial charge in [-0.2, -0.15) is 0 Å². The van der Waals surface area contributed by atoms with Crippen molar-refractivity contribution in [3.05, 3.63) is 35.4 Å². The maximum atomic E-state index is 5.99. The van der Waals surface area contributed by atoms with Crippen molar-refractivity contribution >= 4 is 0 Å². The first-order valence-electron chi connectivity index (χ1n) is 6.79. The van der Waals surface area contributed by atoms with E-state index in [4.69, 9.17) is 5.73 Å². The molecule has 1 fully saturated rings. The summed E-state index contributed by atoms with van der Waals surface area (Å²) in [5, 5.41) is 0. The molecule has 1 aliphatic rings. The Hall–Kier alpha value is -0.900. The zero-order chi connectivity index (χ0) is 13.1. The van der Waals surface area contributed by atoms with E-state index in [1.807, 2.05) is 0 Å². The number of hydrogen-bond donors (Lipinski definition) is 1. The summed E-state index contributed by atoms with van der Waals surface area (Å²) in [7, 11) is 4.33. The molecular weight excluding hydrogens is 222 g/mol. The van der Waals surface area contributed by atoms with E-state index in [1.165, 1.54) is 17.5 Å². The van der Waals surface area contributed by atoms with Gasteiger partial charge in [0.1, 0.15) is 0 Å². The van der Waals surface area contributed by atoms with Crippen LogP contribution in [0.5, 0.6) is 0 Å². The summed E-state index contributed by atoms with van der Waals surface area (Å²) in [5.41, 5.74) is 8.65. The minimum Gasteiger partial charge on any atom is -0.329 e. The van der Waals surface area contributed by atoms with Crippen LogP contribution in [-0.2, 0) is 0 Å². The number of likely N-dealkylation sites (N-methyl/N-ethyl adjacent to an activating group) is 1. The molecule has 1 saturated heterocycles. The second-order valence-corrected chi connectivity index (χ2v) is 5.56. The largest absolute Gasteiger partial charge is 0.329 e. The van der Waals surface area contributed by atoms with Gasteiger partial charge in [0.2, 0.25) is 0 Å². The van der Waals surface area contributed by atoms with Gasteiger partial charge in [0.05, 0.1) is 0 Å². The van der Waals surface area contributed by atoms with Crippen LogP contribution in [-0.4, -0.2) is 49.6 Å². The summed E-state index contributed by atoms with van der Waals surface area (Å²) in [4.78, 5) is 4.85. The third kappa shape index (κ3) is 2.91. The Bertz CT molecular complexity index is 372. The third-order valence-electron chi connectivity index (χ3n) is 4.05. The van der Waals surface area contributed by atoms with E-state index >= 15 is 0 Å². The second-order valence-electron chi connectivity index (χ2n) is 5.56. The SMILES string of the molecule is Cc1ccc(C(CN)N2CCC(N(C)C)C2)cc1. The fourth-order valence-corrected chi connectivity index (χ4v) is 2.76. The van der Waals surface area contributed by atoms with Crippen molar-refractivity contribution in [3.8, 4) is 0 Å². The molecule has 100 valence electrons. The first kappa shape index (κ1) is 13.5. The smallest absolute Gasteiger partial charge is 0.0471 e. The molecule has 2 unspecified atom stereocenters. The van der Waals surface area contributed by atoms with Gasteiger partial charge in [-0.3, -0.25) is 4.90 Å². The van der Waals surface area contributed by atoms with E-state index in [0.717, 1.165) is 13.1 Å². The highest BCUT2D eigenvalue weighted by Gasteiger charge is 2.29. The number of nitrogens with two attached hydrogens (primary N) is 1. The molecule has 3 heteroatoms. The van der Waals surface area contributed by atoms with Gasteiger partial charge in [-0.1, -0.05) is 29.8 Å². The van der Waals surface area contributed by atoms with Crippen molar-refractivity contribution in [2.24, 2.45) is 5.73 Å². The maximum Gasteiger partial charge on any atom is 0.0471 e. The van der Waals surface area contributed by atoms with Gasteiger partial charge < -0.3 is 10.6 Å². The molecule has 2 atom stereocenters. The lowest BCUT2D eigenvalue weighted by atomic mass is 10.0. The van der Waals surface area contributed by atoms with Crippen molar-refractivity contribution in [3.63, 3.8) is 0 Å². The number of benzene rings is 1. The summed E-state index contributed by atoms with van der Waals surface area (Å²) < 4.78 is 0. The van der Waals surface area contributed by atoms with Crippen LogP contribution < -0.4 is 5.73 Å². The van der Waals surface area contributed by atoms with Gasteiger partial charge >= 0.3 is 0 Å². The molecule has 0 amide bonds. The van der Waals surface area contributed by atoms with Crippen LogP contribution in [0, 0.1) is 6.92 Å². The molecule has 0 aromatic heterocycles. The van der Waals surface area contributed by atoms with E-state index in [-0.39, 0.29) is 0 Å². The molecule has 0 radical (unpaired) electrons. The molecule has 3 nitrogen and oxygen atoms in total. The topological polar surface area (TPSA) is 32.5 Å². The highest BCUT2D eigenvalue weighted by Crippen LogP contribution is 2.25. The Balaban J connectivity index is 2.08. The number of rotatable bonds is 4. The van der Waals surface area contributed by atoms with E-state index in [0.29, 0.717) is 18.6 Å².